The van der Waals surface area contributed by atoms with Gasteiger partial charge in [-0.05, 0) is 18.2 Å². The van der Waals surface area contributed by atoms with E-state index in [1.807, 2.05) is 28.0 Å². The second-order valence-corrected chi connectivity index (χ2v) is 6.76. The van der Waals surface area contributed by atoms with Gasteiger partial charge in [0, 0.05) is 30.8 Å². The molecule has 26 heavy (non-hydrogen) atoms. The number of benzene rings is 1. The molecule has 10 heteroatoms. The van der Waals surface area contributed by atoms with Crippen LogP contribution >= 0.6 is 11.6 Å². The third-order valence-electron chi connectivity index (χ3n) is 4.79. The number of imide groups is 1. The molecule has 0 aromatic heterocycles. The SMILES string of the molecule is CN1C(=O)N(CC(=O)O)C(=O)C2C1N=C1N(c3cccc(Cl)c3)CCN12. The lowest BCUT2D eigenvalue weighted by molar-refractivity contribution is -0.146. The number of urea groups is 1. The van der Waals surface area contributed by atoms with Gasteiger partial charge in [0.1, 0.15) is 6.54 Å². The fourth-order valence-electron chi connectivity index (χ4n) is 3.61. The molecule has 0 aliphatic carbocycles. The normalized spacial score (nSPS) is 24.8. The van der Waals surface area contributed by atoms with Crippen molar-refractivity contribution in [1.29, 1.82) is 0 Å². The first-order valence-corrected chi connectivity index (χ1v) is 8.44. The number of fused-ring (bicyclic) bond motifs is 3. The average molecular weight is 378 g/mol. The maximum atomic E-state index is 12.8. The first-order chi connectivity index (χ1) is 12.4. The lowest BCUT2D eigenvalue weighted by Gasteiger charge is -2.39. The molecule has 0 bridgehead atoms. The highest BCUT2D eigenvalue weighted by molar-refractivity contribution is 6.31. The van der Waals surface area contributed by atoms with Crippen molar-refractivity contribution >= 4 is 41.2 Å². The number of carbonyl (C=O) groups excluding carboxylic acids is 2. The van der Waals surface area contributed by atoms with E-state index in [0.717, 1.165) is 10.6 Å². The Kier molecular flexibility index (Phi) is 3.76. The predicted molar refractivity (Wildman–Crippen MR) is 93.0 cm³/mol. The first kappa shape index (κ1) is 16.6. The van der Waals surface area contributed by atoms with Crippen molar-refractivity contribution in [1.82, 2.24) is 14.7 Å². The highest BCUT2D eigenvalue weighted by atomic mass is 35.5. The number of anilines is 1. The van der Waals surface area contributed by atoms with Gasteiger partial charge in [-0.15, -0.1) is 0 Å². The van der Waals surface area contributed by atoms with E-state index in [4.69, 9.17) is 16.7 Å². The van der Waals surface area contributed by atoms with E-state index in [9.17, 15) is 14.4 Å². The largest absolute Gasteiger partial charge is 0.480 e. The number of halogens is 1. The van der Waals surface area contributed by atoms with Gasteiger partial charge in [0.15, 0.2) is 12.2 Å². The van der Waals surface area contributed by atoms with Crippen molar-refractivity contribution in [3.63, 3.8) is 0 Å². The predicted octanol–water partition coefficient (Wildman–Crippen LogP) is 0.505. The Bertz CT molecular complexity index is 844. The van der Waals surface area contributed by atoms with Crippen molar-refractivity contribution in [2.45, 2.75) is 12.2 Å². The number of hydrogen-bond donors (Lipinski definition) is 1. The smallest absolute Gasteiger partial charge is 0.328 e. The average Bonchev–Trinajstić information content (AvgIpc) is 3.15. The quantitative estimate of drug-likeness (QED) is 0.824. The number of amides is 3. The summed E-state index contributed by atoms with van der Waals surface area (Å²) in [4.78, 5) is 46.6. The molecule has 2 unspecified atom stereocenters. The monoisotopic (exact) mass is 377 g/mol. The van der Waals surface area contributed by atoms with Crippen LogP contribution in [0.4, 0.5) is 10.5 Å². The van der Waals surface area contributed by atoms with Crippen LogP contribution in [0.15, 0.2) is 29.3 Å². The Morgan fingerprint density at radius 3 is 2.81 bits per heavy atom. The van der Waals surface area contributed by atoms with Crippen molar-refractivity contribution in [3.8, 4) is 0 Å². The number of carbonyl (C=O) groups is 3. The van der Waals surface area contributed by atoms with Crippen LogP contribution in [0.5, 0.6) is 0 Å². The van der Waals surface area contributed by atoms with Crippen LogP contribution in [0.1, 0.15) is 0 Å². The van der Waals surface area contributed by atoms with Crippen molar-refractivity contribution < 1.29 is 19.5 Å². The molecule has 9 nitrogen and oxygen atoms in total. The molecule has 2 saturated heterocycles. The molecule has 0 spiro atoms. The van der Waals surface area contributed by atoms with Gasteiger partial charge >= 0.3 is 12.0 Å². The number of rotatable bonds is 3. The summed E-state index contributed by atoms with van der Waals surface area (Å²) in [5, 5.41) is 9.60. The van der Waals surface area contributed by atoms with Crippen LogP contribution in [0.25, 0.3) is 0 Å². The minimum absolute atomic E-state index is 0.535. The molecule has 3 amide bonds. The Hall–Kier alpha value is -2.81. The fraction of sp³-hybridized carbons (Fsp3) is 0.375. The summed E-state index contributed by atoms with van der Waals surface area (Å²) in [6.07, 6.45) is -0.669. The van der Waals surface area contributed by atoms with Crippen LogP contribution in [0.3, 0.4) is 0 Å². The van der Waals surface area contributed by atoms with Crippen LogP contribution in [-0.2, 0) is 9.59 Å². The number of carboxylic acid groups (broad SMARTS) is 1. The number of likely N-dealkylation sites (N-methyl/N-ethyl adjacent to an activating group) is 1. The Morgan fingerprint density at radius 1 is 1.35 bits per heavy atom. The number of carboxylic acids is 1. The van der Waals surface area contributed by atoms with Crippen LogP contribution < -0.4 is 4.90 Å². The summed E-state index contributed by atoms with van der Waals surface area (Å²) < 4.78 is 0. The third kappa shape index (κ3) is 2.38. The van der Waals surface area contributed by atoms with Gasteiger partial charge in [0.25, 0.3) is 5.91 Å². The van der Waals surface area contributed by atoms with Crippen LogP contribution in [0.2, 0.25) is 5.02 Å². The van der Waals surface area contributed by atoms with E-state index in [0.29, 0.717) is 24.1 Å². The van der Waals surface area contributed by atoms with Crippen LogP contribution in [-0.4, -0.2) is 82.6 Å². The molecular formula is C16H16ClN5O4. The first-order valence-electron chi connectivity index (χ1n) is 8.06. The highest BCUT2D eigenvalue weighted by Gasteiger charge is 2.54. The second-order valence-electron chi connectivity index (χ2n) is 6.32. The summed E-state index contributed by atoms with van der Waals surface area (Å²) in [6, 6.07) is 5.94. The van der Waals surface area contributed by atoms with Gasteiger partial charge in [-0.2, -0.15) is 0 Å². The standard InChI is InChI=1S/C16H16ClN5O4/c1-19-13-12(14(25)22(16(19)26)8-11(23)24)21-6-5-20(15(21)18-13)10-4-2-3-9(17)7-10/h2-4,7,12-13H,5-6,8H2,1H3,(H,23,24). The maximum absolute atomic E-state index is 12.8. The summed E-state index contributed by atoms with van der Waals surface area (Å²) >= 11 is 6.07. The number of aliphatic imine (C=N–C) groups is 1. The molecule has 2 fully saturated rings. The molecule has 0 radical (unpaired) electrons. The van der Waals surface area contributed by atoms with E-state index in [1.54, 1.807) is 6.07 Å². The molecule has 3 aliphatic heterocycles. The molecule has 136 valence electrons. The molecule has 1 aromatic rings. The summed E-state index contributed by atoms with van der Waals surface area (Å²) in [7, 11) is 1.53. The molecule has 2 atom stereocenters. The fourth-order valence-corrected chi connectivity index (χ4v) is 3.79. The topological polar surface area (TPSA) is 96.8 Å². The van der Waals surface area contributed by atoms with Gasteiger partial charge in [-0.3, -0.25) is 14.5 Å². The van der Waals surface area contributed by atoms with E-state index in [1.165, 1.54) is 11.9 Å². The van der Waals surface area contributed by atoms with Gasteiger partial charge in [0.2, 0.25) is 5.96 Å². The Labute approximate surface area is 154 Å². The molecule has 3 heterocycles. The summed E-state index contributed by atoms with van der Waals surface area (Å²) in [6.45, 7) is 0.500. The van der Waals surface area contributed by atoms with Crippen molar-refractivity contribution in [2.75, 3.05) is 31.6 Å². The molecular weight excluding hydrogens is 362 g/mol. The molecule has 1 N–H and O–H groups in total. The van der Waals surface area contributed by atoms with Crippen LogP contribution in [0, 0.1) is 0 Å². The zero-order valence-electron chi connectivity index (χ0n) is 13.9. The van der Waals surface area contributed by atoms with Crippen molar-refractivity contribution in [2.24, 2.45) is 4.99 Å². The minimum atomic E-state index is -1.24. The molecule has 3 aliphatic rings. The van der Waals surface area contributed by atoms with Gasteiger partial charge in [0.05, 0.1) is 0 Å². The molecule has 1 aromatic carbocycles. The zero-order valence-corrected chi connectivity index (χ0v) is 14.6. The summed E-state index contributed by atoms with van der Waals surface area (Å²) in [5.41, 5.74) is 0.848. The zero-order chi connectivity index (χ0) is 18.6. The van der Waals surface area contributed by atoms with Gasteiger partial charge < -0.3 is 19.8 Å². The van der Waals surface area contributed by atoms with Gasteiger partial charge in [-0.25, -0.2) is 9.79 Å². The number of nitrogens with zero attached hydrogens (tertiary/aromatic N) is 5. The van der Waals surface area contributed by atoms with E-state index >= 15 is 0 Å². The van der Waals surface area contributed by atoms with E-state index in [-0.39, 0.29) is 0 Å². The lowest BCUT2D eigenvalue weighted by Crippen LogP contribution is -2.65. The maximum Gasteiger partial charge on any atom is 0.328 e. The van der Waals surface area contributed by atoms with Crippen molar-refractivity contribution in [3.05, 3.63) is 29.3 Å². The Balaban J connectivity index is 1.67. The number of aliphatic carboxylic acids is 1. The highest BCUT2D eigenvalue weighted by Crippen LogP contribution is 2.33. The van der Waals surface area contributed by atoms with E-state index < -0.39 is 36.7 Å². The van der Waals surface area contributed by atoms with Gasteiger partial charge in [-0.1, -0.05) is 17.7 Å². The summed E-state index contributed by atoms with van der Waals surface area (Å²) in [5.74, 6) is -1.18. The second kappa shape index (κ2) is 5.87. The van der Waals surface area contributed by atoms with E-state index in [2.05, 4.69) is 4.99 Å². The Morgan fingerprint density at radius 2 is 2.12 bits per heavy atom. The minimum Gasteiger partial charge on any atom is -0.480 e. The molecule has 0 saturated carbocycles. The molecule has 4 rings (SSSR count). The number of guanidine groups is 1. The lowest BCUT2D eigenvalue weighted by atomic mass is 10.1. The third-order valence-corrected chi connectivity index (χ3v) is 5.03. The number of hydrogen-bond acceptors (Lipinski definition) is 6.